The van der Waals surface area contributed by atoms with Crippen molar-refractivity contribution in [1.29, 1.82) is 0 Å². The number of rotatable bonds is 1. The summed E-state index contributed by atoms with van der Waals surface area (Å²) in [5.41, 5.74) is 0. The molecule has 1 N–H and O–H groups in total. The maximum Gasteiger partial charge on any atom is 0.0868 e. The Kier molecular flexibility index (Phi) is 2.10. The highest BCUT2D eigenvalue weighted by molar-refractivity contribution is 9.25. The van der Waals surface area contributed by atoms with Crippen LogP contribution in [0.3, 0.4) is 0 Å². The second kappa shape index (κ2) is 2.71. The van der Waals surface area contributed by atoms with Crippen LogP contribution in [0.5, 0.6) is 0 Å². The summed E-state index contributed by atoms with van der Waals surface area (Å²) in [6, 6.07) is 0. The molecule has 0 aromatic carbocycles. The molecule has 1 nitrogen and oxygen atoms in total. The molecular formula is C8H12Br2O. The van der Waals surface area contributed by atoms with Gasteiger partial charge in [0.15, 0.2) is 0 Å². The van der Waals surface area contributed by atoms with Crippen LogP contribution in [0.1, 0.15) is 19.3 Å². The van der Waals surface area contributed by atoms with E-state index in [1.807, 2.05) is 0 Å². The van der Waals surface area contributed by atoms with Gasteiger partial charge < -0.3 is 5.11 Å². The van der Waals surface area contributed by atoms with Gasteiger partial charge in [0.2, 0.25) is 0 Å². The molecule has 64 valence electrons. The van der Waals surface area contributed by atoms with Gasteiger partial charge in [-0.2, -0.15) is 0 Å². The Morgan fingerprint density at radius 1 is 1.27 bits per heavy atom. The smallest absolute Gasteiger partial charge is 0.0868 e. The highest BCUT2D eigenvalue weighted by Crippen LogP contribution is 2.68. The van der Waals surface area contributed by atoms with Crippen molar-refractivity contribution in [1.82, 2.24) is 0 Å². The van der Waals surface area contributed by atoms with Crippen molar-refractivity contribution in [3.8, 4) is 0 Å². The van der Waals surface area contributed by atoms with E-state index in [-0.39, 0.29) is 3.23 Å². The first-order valence-electron chi connectivity index (χ1n) is 4.15. The molecule has 0 spiro atoms. The number of alkyl halides is 2. The Hall–Kier alpha value is 0.920. The first-order chi connectivity index (χ1) is 5.16. The molecule has 2 aliphatic carbocycles. The van der Waals surface area contributed by atoms with Gasteiger partial charge in [0.05, 0.1) is 3.23 Å². The van der Waals surface area contributed by atoms with E-state index in [0.29, 0.717) is 12.5 Å². The third kappa shape index (κ3) is 1.29. The van der Waals surface area contributed by atoms with Crippen molar-refractivity contribution in [2.45, 2.75) is 22.5 Å². The molecule has 3 unspecified atom stereocenters. The number of fused-ring (bicyclic) bond motifs is 1. The number of aliphatic hydroxyl groups excluding tert-OH is 1. The molecule has 0 amide bonds. The minimum absolute atomic E-state index is 0.240. The van der Waals surface area contributed by atoms with Crippen molar-refractivity contribution in [2.24, 2.45) is 17.8 Å². The molecule has 0 saturated heterocycles. The molecule has 0 aromatic heterocycles. The van der Waals surface area contributed by atoms with Crippen molar-refractivity contribution in [3.05, 3.63) is 0 Å². The van der Waals surface area contributed by atoms with Gasteiger partial charge in [0, 0.05) is 6.61 Å². The van der Waals surface area contributed by atoms with Gasteiger partial charge in [-0.1, -0.05) is 31.9 Å². The van der Waals surface area contributed by atoms with Crippen LogP contribution in [0.25, 0.3) is 0 Å². The first-order valence-corrected chi connectivity index (χ1v) is 5.73. The summed E-state index contributed by atoms with van der Waals surface area (Å²) in [5.74, 6) is 2.16. The predicted octanol–water partition coefficient (Wildman–Crippen LogP) is 2.51. The zero-order chi connectivity index (χ0) is 8.06. The molecule has 2 rings (SSSR count). The van der Waals surface area contributed by atoms with Gasteiger partial charge in [-0.05, 0) is 37.0 Å². The van der Waals surface area contributed by atoms with Crippen molar-refractivity contribution >= 4 is 31.9 Å². The number of halogens is 2. The lowest BCUT2D eigenvalue weighted by Gasteiger charge is -2.17. The molecule has 0 bridgehead atoms. The van der Waals surface area contributed by atoms with E-state index in [0.717, 1.165) is 11.8 Å². The highest BCUT2D eigenvalue weighted by Gasteiger charge is 2.62. The topological polar surface area (TPSA) is 20.2 Å². The fraction of sp³-hybridized carbons (Fsp3) is 1.00. The third-order valence-electron chi connectivity index (χ3n) is 3.10. The molecule has 3 atom stereocenters. The van der Waals surface area contributed by atoms with E-state index in [1.54, 1.807) is 0 Å². The average molecular weight is 284 g/mol. The summed E-state index contributed by atoms with van der Waals surface area (Å²) in [6.07, 6.45) is 3.67. The Morgan fingerprint density at radius 2 is 2.00 bits per heavy atom. The highest BCUT2D eigenvalue weighted by atomic mass is 79.9. The van der Waals surface area contributed by atoms with Crippen molar-refractivity contribution in [3.63, 3.8) is 0 Å². The van der Waals surface area contributed by atoms with Crippen LogP contribution in [0, 0.1) is 17.8 Å². The van der Waals surface area contributed by atoms with Crippen molar-refractivity contribution in [2.75, 3.05) is 6.61 Å². The van der Waals surface area contributed by atoms with Crippen LogP contribution in [0.15, 0.2) is 0 Å². The zero-order valence-electron chi connectivity index (χ0n) is 6.26. The quantitative estimate of drug-likeness (QED) is 0.733. The Bertz CT molecular complexity index is 169. The molecule has 0 radical (unpaired) electrons. The van der Waals surface area contributed by atoms with Crippen molar-refractivity contribution < 1.29 is 5.11 Å². The van der Waals surface area contributed by atoms with Crippen LogP contribution in [0.2, 0.25) is 0 Å². The summed E-state index contributed by atoms with van der Waals surface area (Å²) >= 11 is 7.34. The normalized spacial score (nSPS) is 46.6. The van der Waals surface area contributed by atoms with Crippen LogP contribution in [-0.4, -0.2) is 14.9 Å². The number of aliphatic hydroxyl groups is 1. The average Bonchev–Trinajstić information content (AvgIpc) is 2.55. The van der Waals surface area contributed by atoms with Crippen LogP contribution in [0.4, 0.5) is 0 Å². The summed E-state index contributed by atoms with van der Waals surface area (Å²) in [4.78, 5) is 0. The second-order valence-corrected chi connectivity index (χ2v) is 7.44. The lowest BCUT2D eigenvalue weighted by molar-refractivity contribution is 0.185. The van der Waals surface area contributed by atoms with E-state index < -0.39 is 0 Å². The van der Waals surface area contributed by atoms with Crippen LogP contribution >= 0.6 is 31.9 Å². The Balaban J connectivity index is 1.97. The summed E-state index contributed by atoms with van der Waals surface area (Å²) in [7, 11) is 0. The lowest BCUT2D eigenvalue weighted by atomic mass is 9.90. The summed E-state index contributed by atoms with van der Waals surface area (Å²) in [6.45, 7) is 0.374. The number of hydrogen-bond acceptors (Lipinski definition) is 1. The Labute approximate surface area is 83.8 Å². The molecular weight excluding hydrogens is 272 g/mol. The molecule has 2 fully saturated rings. The first kappa shape index (κ1) is 8.52. The zero-order valence-corrected chi connectivity index (χ0v) is 9.44. The summed E-state index contributed by atoms with van der Waals surface area (Å²) < 4.78 is 0.240. The minimum Gasteiger partial charge on any atom is -0.396 e. The van der Waals surface area contributed by atoms with Crippen LogP contribution < -0.4 is 0 Å². The van der Waals surface area contributed by atoms with E-state index in [4.69, 9.17) is 5.11 Å². The van der Waals surface area contributed by atoms with E-state index in [2.05, 4.69) is 31.9 Å². The maximum atomic E-state index is 8.97. The fourth-order valence-electron chi connectivity index (χ4n) is 2.23. The van der Waals surface area contributed by atoms with Gasteiger partial charge in [-0.3, -0.25) is 0 Å². The molecule has 0 heterocycles. The molecule has 11 heavy (non-hydrogen) atoms. The number of hydrogen-bond donors (Lipinski definition) is 1. The van der Waals surface area contributed by atoms with Gasteiger partial charge >= 0.3 is 0 Å². The van der Waals surface area contributed by atoms with E-state index in [1.165, 1.54) is 19.3 Å². The van der Waals surface area contributed by atoms with Gasteiger partial charge in [0.25, 0.3) is 0 Å². The molecule has 0 aliphatic heterocycles. The van der Waals surface area contributed by atoms with Gasteiger partial charge in [-0.15, -0.1) is 0 Å². The summed E-state index contributed by atoms with van der Waals surface area (Å²) in [5, 5.41) is 8.97. The molecule has 2 aliphatic rings. The molecule has 2 saturated carbocycles. The van der Waals surface area contributed by atoms with Crippen LogP contribution in [-0.2, 0) is 0 Å². The maximum absolute atomic E-state index is 8.97. The van der Waals surface area contributed by atoms with Gasteiger partial charge in [-0.25, -0.2) is 0 Å². The fourth-order valence-corrected chi connectivity index (χ4v) is 4.08. The lowest BCUT2D eigenvalue weighted by Crippen LogP contribution is -2.11. The molecule has 3 heteroatoms. The van der Waals surface area contributed by atoms with E-state index in [9.17, 15) is 0 Å². The van der Waals surface area contributed by atoms with Gasteiger partial charge in [0.1, 0.15) is 0 Å². The monoisotopic (exact) mass is 282 g/mol. The largest absolute Gasteiger partial charge is 0.396 e. The predicted molar refractivity (Wildman–Crippen MR) is 52.0 cm³/mol. The Morgan fingerprint density at radius 3 is 2.55 bits per heavy atom. The molecule has 0 aromatic rings. The second-order valence-electron chi connectivity index (χ2n) is 3.75. The SMILES string of the molecule is OCC1CCC2C(C1)C2(Br)Br. The third-order valence-corrected chi connectivity index (χ3v) is 5.45. The minimum atomic E-state index is 0.240. The standard InChI is InChI=1S/C8H12Br2O/c9-8(10)6-2-1-5(4-11)3-7(6)8/h5-7,11H,1-4H2. The van der Waals surface area contributed by atoms with E-state index >= 15 is 0 Å².